The minimum atomic E-state index is -1.15. The Morgan fingerprint density at radius 2 is 0.731 bits per heavy atom. The summed E-state index contributed by atoms with van der Waals surface area (Å²) < 4.78 is 19.6. The lowest BCUT2D eigenvalue weighted by Gasteiger charge is -2.40. The van der Waals surface area contributed by atoms with Crippen molar-refractivity contribution in [1.29, 1.82) is 0 Å². The van der Waals surface area contributed by atoms with E-state index in [0.29, 0.717) is 17.2 Å². The molecule has 1 spiro atoms. The first kappa shape index (κ1) is 50.1. The quantitative estimate of drug-likeness (QED) is 0.161. The molecule has 10 heteroatoms. The number of pyridine rings is 3. The molecule has 0 unspecified atom stereocenters. The third-order valence-electron chi connectivity index (χ3n) is 20.1. The Bertz CT molecular complexity index is 6260. The van der Waals surface area contributed by atoms with Gasteiger partial charge >= 0.3 is 0 Å². The Hall–Kier alpha value is -12.8. The molecule has 1 aliphatic heterocycles. The van der Waals surface area contributed by atoms with Crippen LogP contribution in [0.3, 0.4) is 0 Å². The number of hydrogen-bond donors (Lipinski definition) is 0. The van der Waals surface area contributed by atoms with Gasteiger partial charge in [-0.05, 0) is 115 Å². The van der Waals surface area contributed by atoms with Crippen molar-refractivity contribution in [1.82, 2.24) is 37.8 Å². The van der Waals surface area contributed by atoms with E-state index in [0.717, 1.165) is 139 Å². The molecule has 0 amide bonds. The SMILES string of the molecule is [C-]#[N+]c1ccc2c(c1)c1ccccc1n2-c1cccc2c1C1(c3ccc(-n4c5ccccc5c5cc(-n6c7ccccc7c7ccncc76)ccc54)cc3O2)c2cc(-n3c4ccccc4c4ccccc43)cnc2-c2ncc(-n3c4ccccc4c4ccccc43)cc21. The second kappa shape index (κ2) is 18.4. The molecule has 0 saturated heterocycles. The van der Waals surface area contributed by atoms with Crippen molar-refractivity contribution < 1.29 is 4.74 Å². The molecule has 8 aromatic heterocycles. The van der Waals surface area contributed by atoms with Gasteiger partial charge in [0.25, 0.3) is 0 Å². The van der Waals surface area contributed by atoms with E-state index in [-0.39, 0.29) is 0 Å². The Morgan fingerprint density at radius 1 is 0.312 bits per heavy atom. The highest BCUT2D eigenvalue weighted by atomic mass is 16.5. The number of rotatable bonds is 5. The summed E-state index contributed by atoms with van der Waals surface area (Å²) in [7, 11) is 0. The van der Waals surface area contributed by atoms with Crippen molar-refractivity contribution in [2.75, 3.05) is 0 Å². The van der Waals surface area contributed by atoms with Crippen LogP contribution < -0.4 is 4.74 Å². The normalized spacial score (nSPS) is 13.1. The van der Waals surface area contributed by atoms with Crippen LogP contribution in [0.2, 0.25) is 0 Å². The highest BCUT2D eigenvalue weighted by Gasteiger charge is 2.55. The first-order valence-corrected chi connectivity index (χ1v) is 31.3. The van der Waals surface area contributed by atoms with Gasteiger partial charge in [0.2, 0.25) is 0 Å². The fourth-order valence-electron chi connectivity index (χ4n) is 16.4. The number of ether oxygens (including phenoxy) is 1. The Labute approximate surface area is 530 Å². The first-order chi connectivity index (χ1) is 46.1. The molecule has 0 saturated carbocycles. The van der Waals surface area contributed by atoms with E-state index in [1.807, 2.05) is 36.9 Å². The maximum absolute atomic E-state index is 8.16. The molecule has 2 aliphatic rings. The molecule has 0 atom stereocenters. The van der Waals surface area contributed by atoms with Gasteiger partial charge in [-0.3, -0.25) is 15.0 Å². The summed E-state index contributed by atoms with van der Waals surface area (Å²) >= 11 is 0. The minimum Gasteiger partial charge on any atom is -0.457 e. The van der Waals surface area contributed by atoms with E-state index in [9.17, 15) is 0 Å². The van der Waals surface area contributed by atoms with E-state index >= 15 is 0 Å². The molecule has 10 nitrogen and oxygen atoms in total. The molecular weight excluding hydrogens is 1140 g/mol. The van der Waals surface area contributed by atoms with Gasteiger partial charge in [-0.15, -0.1) is 0 Å². The van der Waals surface area contributed by atoms with E-state index in [4.69, 9.17) is 21.3 Å². The molecule has 0 fully saturated rings. The third kappa shape index (κ3) is 6.55. The van der Waals surface area contributed by atoms with Crippen LogP contribution in [0.15, 0.2) is 286 Å². The average Bonchev–Trinajstić information content (AvgIpc) is 1.36. The van der Waals surface area contributed by atoms with Crippen LogP contribution in [-0.4, -0.2) is 37.8 Å². The molecule has 11 aromatic carbocycles. The molecular formula is C83H47N9O. The van der Waals surface area contributed by atoms with Crippen molar-refractivity contribution >= 4 is 115 Å². The zero-order valence-corrected chi connectivity index (χ0v) is 49.6. The number of nitrogens with zero attached hydrogens (tertiary/aromatic N) is 9. The van der Waals surface area contributed by atoms with Gasteiger partial charge < -0.3 is 27.6 Å². The van der Waals surface area contributed by atoms with Gasteiger partial charge in [0.15, 0.2) is 5.69 Å². The number of aromatic nitrogens is 8. The maximum atomic E-state index is 8.16. The Kier molecular flexibility index (Phi) is 9.90. The molecule has 0 radical (unpaired) electrons. The Morgan fingerprint density at radius 3 is 1.27 bits per heavy atom. The van der Waals surface area contributed by atoms with Crippen molar-refractivity contribution in [2.24, 2.45) is 0 Å². The van der Waals surface area contributed by atoms with Crippen molar-refractivity contribution in [3.8, 4) is 51.3 Å². The standard InChI is InChI=1S/C83H47N9O/c1-84-49-33-37-75-62(41-49)59-22-8-15-30-73(59)92(75)76-31-16-32-78-80(76)83(64-36-34-51(45-79(64)93-78)88-72-29-14-7-23-60(72)63-42-50(35-38-74(63)88)89-67-24-9-6-21-58(67)61-39-40-85-48-77(61)89)65-43-52(90-68-25-10-2-17-54(68)55-18-3-11-26-69(55)90)46-86-81(65)82-66(83)44-53(47-87-82)91-70-27-12-4-19-56(70)57-20-5-13-28-71(57)91/h2-48H. The van der Waals surface area contributed by atoms with Crippen molar-refractivity contribution in [3.63, 3.8) is 0 Å². The van der Waals surface area contributed by atoms with Crippen LogP contribution in [0, 0.1) is 6.57 Å². The van der Waals surface area contributed by atoms with Gasteiger partial charge in [0, 0.05) is 94.4 Å². The van der Waals surface area contributed by atoms with Crippen LogP contribution in [-0.2, 0) is 5.41 Å². The fourth-order valence-corrected chi connectivity index (χ4v) is 16.4. The lowest BCUT2D eigenvalue weighted by atomic mass is 9.65. The minimum absolute atomic E-state index is 0.584. The predicted molar refractivity (Wildman–Crippen MR) is 375 cm³/mol. The number of para-hydroxylation sites is 7. The first-order valence-electron chi connectivity index (χ1n) is 31.3. The predicted octanol–water partition coefficient (Wildman–Crippen LogP) is 20.4. The number of hydrogen-bond acceptors (Lipinski definition) is 4. The van der Waals surface area contributed by atoms with Gasteiger partial charge in [-0.2, -0.15) is 0 Å². The summed E-state index contributed by atoms with van der Waals surface area (Å²) in [4.78, 5) is 19.9. The van der Waals surface area contributed by atoms with E-state index in [1.165, 1.54) is 32.3 Å². The smallest absolute Gasteiger partial charge is 0.188 e. The molecule has 21 rings (SSSR count). The van der Waals surface area contributed by atoms with E-state index < -0.39 is 5.41 Å². The van der Waals surface area contributed by atoms with Gasteiger partial charge in [0.1, 0.15) is 11.5 Å². The van der Waals surface area contributed by atoms with Crippen molar-refractivity contribution in [3.05, 3.63) is 319 Å². The largest absolute Gasteiger partial charge is 0.457 e. The molecule has 9 heterocycles. The molecule has 0 bridgehead atoms. The average molecular weight is 1190 g/mol. The molecule has 93 heavy (non-hydrogen) atoms. The highest BCUT2D eigenvalue weighted by molar-refractivity contribution is 6.15. The zero-order chi connectivity index (χ0) is 60.8. The Balaban J connectivity index is 0.879. The second-order valence-electron chi connectivity index (χ2n) is 24.6. The maximum Gasteiger partial charge on any atom is 0.188 e. The lowest BCUT2D eigenvalue weighted by molar-refractivity contribution is 0.435. The van der Waals surface area contributed by atoms with Gasteiger partial charge in [-0.1, -0.05) is 146 Å². The second-order valence-corrected chi connectivity index (χ2v) is 24.6. The number of benzene rings is 11. The fraction of sp³-hybridized carbons (Fsp3) is 0.0120. The summed E-state index contributed by atoms with van der Waals surface area (Å²) in [6, 6.07) is 93.7. The summed E-state index contributed by atoms with van der Waals surface area (Å²) in [6.07, 6.45) is 7.92. The van der Waals surface area contributed by atoms with E-state index in [1.54, 1.807) is 0 Å². The summed E-state index contributed by atoms with van der Waals surface area (Å²) in [5, 5.41) is 11.3. The van der Waals surface area contributed by atoms with Crippen LogP contribution in [0.25, 0.3) is 154 Å². The molecule has 19 aromatic rings. The third-order valence-corrected chi connectivity index (χ3v) is 20.1. The van der Waals surface area contributed by atoms with Crippen LogP contribution >= 0.6 is 0 Å². The summed E-state index contributed by atoms with van der Waals surface area (Å²) in [5.41, 5.74) is 20.4. The summed E-state index contributed by atoms with van der Waals surface area (Å²) in [6.45, 7) is 8.16. The monoisotopic (exact) mass is 1190 g/mol. The van der Waals surface area contributed by atoms with Gasteiger partial charge in [0.05, 0.1) is 114 Å². The lowest BCUT2D eigenvalue weighted by Crippen LogP contribution is -2.34. The van der Waals surface area contributed by atoms with E-state index in [2.05, 4.69) is 281 Å². The topological polar surface area (TPSA) is 76.9 Å². The molecule has 430 valence electrons. The summed E-state index contributed by atoms with van der Waals surface area (Å²) in [5.74, 6) is 1.42. The zero-order valence-electron chi connectivity index (χ0n) is 49.6. The van der Waals surface area contributed by atoms with Crippen LogP contribution in [0.5, 0.6) is 11.5 Å². The van der Waals surface area contributed by atoms with Crippen LogP contribution in [0.1, 0.15) is 22.3 Å². The number of fused-ring (bicyclic) bond motifs is 24. The highest BCUT2D eigenvalue weighted by Crippen LogP contribution is 2.64. The molecule has 0 N–H and O–H groups in total. The van der Waals surface area contributed by atoms with Crippen molar-refractivity contribution in [2.45, 2.75) is 5.41 Å². The molecule has 1 aliphatic carbocycles. The van der Waals surface area contributed by atoms with Crippen LogP contribution in [0.4, 0.5) is 5.69 Å². The van der Waals surface area contributed by atoms with Gasteiger partial charge in [-0.25, -0.2) is 4.85 Å².